The van der Waals surface area contributed by atoms with E-state index in [1.165, 1.54) is 31.4 Å². The smallest absolute Gasteiger partial charge is 0.227 e. The van der Waals surface area contributed by atoms with Crippen molar-refractivity contribution in [1.29, 1.82) is 0 Å². The van der Waals surface area contributed by atoms with Crippen LogP contribution in [-0.4, -0.2) is 92.7 Å². The molecule has 5 heterocycles. The maximum Gasteiger partial charge on any atom is 0.227 e. The van der Waals surface area contributed by atoms with Gasteiger partial charge in [-0.1, -0.05) is 17.7 Å². The number of nitrogens with zero attached hydrogens (tertiary/aromatic N) is 8. The van der Waals surface area contributed by atoms with Gasteiger partial charge in [-0.15, -0.1) is 5.10 Å². The lowest BCUT2D eigenvalue weighted by atomic mass is 10.0. The molecule has 3 aliphatic heterocycles. The second kappa shape index (κ2) is 13.2. The number of anilines is 3. The number of rotatable bonds is 10. The minimum absolute atomic E-state index is 0.192. The monoisotopic (exact) mass is 631 g/mol. The molecule has 3 fully saturated rings. The first-order valence-electron chi connectivity index (χ1n) is 15.6. The summed E-state index contributed by atoms with van der Waals surface area (Å²) < 4.78 is 19.5. The molecule has 0 amide bonds. The van der Waals surface area contributed by atoms with E-state index in [4.69, 9.17) is 25.8 Å². The van der Waals surface area contributed by atoms with Gasteiger partial charge in [0.2, 0.25) is 5.95 Å². The van der Waals surface area contributed by atoms with E-state index in [2.05, 4.69) is 52.7 Å². The second-order valence-corrected chi connectivity index (χ2v) is 12.4. The highest BCUT2D eigenvalue weighted by Crippen LogP contribution is 2.35. The fraction of sp³-hybridized carbons (Fsp3) is 0.469. The van der Waals surface area contributed by atoms with E-state index in [0.29, 0.717) is 41.5 Å². The van der Waals surface area contributed by atoms with Gasteiger partial charge in [0, 0.05) is 61.9 Å². The van der Waals surface area contributed by atoms with Gasteiger partial charge in [0.15, 0.2) is 0 Å². The van der Waals surface area contributed by atoms with Crippen molar-refractivity contribution in [3.8, 4) is 22.6 Å². The van der Waals surface area contributed by atoms with Crippen LogP contribution in [0.2, 0.25) is 5.02 Å². The van der Waals surface area contributed by atoms with Crippen molar-refractivity contribution < 1.29 is 14.2 Å². The molecule has 2 bridgehead atoms. The molecule has 3 aliphatic rings. The van der Waals surface area contributed by atoms with Gasteiger partial charge < -0.3 is 24.4 Å². The number of benzene rings is 2. The first-order valence-corrected chi connectivity index (χ1v) is 16.0. The lowest BCUT2D eigenvalue weighted by molar-refractivity contribution is -0.0556. The van der Waals surface area contributed by atoms with Crippen LogP contribution in [0.1, 0.15) is 32.6 Å². The van der Waals surface area contributed by atoms with Gasteiger partial charge in [-0.2, -0.15) is 0 Å². The SMILES string of the molecule is COc1cc(N2CCC(N3C[C@H]4CC[C@@H](C3)O4)CC2)ccc1Nc1ncc(-c2ccc(Cl)c(O[C@@H](C)Cn3cnnn3)c2)cn1. The van der Waals surface area contributed by atoms with E-state index in [1.807, 2.05) is 31.2 Å². The number of piperidine rings is 1. The third-order valence-corrected chi connectivity index (χ3v) is 9.24. The average molecular weight is 632 g/mol. The fourth-order valence-corrected chi connectivity index (χ4v) is 6.79. The maximum absolute atomic E-state index is 6.43. The first-order chi connectivity index (χ1) is 22.0. The minimum Gasteiger partial charge on any atom is -0.494 e. The average Bonchev–Trinajstić information content (AvgIpc) is 3.70. The Morgan fingerprint density at radius 3 is 2.47 bits per heavy atom. The van der Waals surface area contributed by atoms with Crippen molar-refractivity contribution >= 4 is 28.9 Å². The lowest BCUT2D eigenvalue weighted by Gasteiger charge is -2.42. The topological polar surface area (TPSA) is 116 Å². The summed E-state index contributed by atoms with van der Waals surface area (Å²) in [5, 5.41) is 15.0. The molecule has 0 aliphatic carbocycles. The summed E-state index contributed by atoms with van der Waals surface area (Å²) in [5.74, 6) is 1.80. The van der Waals surface area contributed by atoms with E-state index in [9.17, 15) is 0 Å². The molecule has 0 saturated carbocycles. The van der Waals surface area contributed by atoms with Crippen LogP contribution >= 0.6 is 11.6 Å². The Kier molecular flexibility index (Phi) is 8.68. The van der Waals surface area contributed by atoms with E-state index < -0.39 is 0 Å². The van der Waals surface area contributed by atoms with Crippen molar-refractivity contribution in [3.05, 3.63) is 60.1 Å². The maximum atomic E-state index is 6.43. The van der Waals surface area contributed by atoms with Crippen LogP contribution in [0.25, 0.3) is 11.1 Å². The first kappa shape index (κ1) is 29.7. The number of fused-ring (bicyclic) bond motifs is 2. The van der Waals surface area contributed by atoms with Crippen molar-refractivity contribution in [3.63, 3.8) is 0 Å². The molecule has 0 radical (unpaired) electrons. The Bertz CT molecular complexity index is 1570. The van der Waals surface area contributed by atoms with E-state index in [1.54, 1.807) is 30.5 Å². The summed E-state index contributed by atoms with van der Waals surface area (Å²) in [4.78, 5) is 14.3. The molecule has 7 rings (SSSR count). The van der Waals surface area contributed by atoms with Gasteiger partial charge >= 0.3 is 0 Å². The van der Waals surface area contributed by atoms with Crippen molar-refractivity contribution in [1.82, 2.24) is 35.1 Å². The highest BCUT2D eigenvalue weighted by Gasteiger charge is 2.37. The molecule has 2 aromatic carbocycles. The van der Waals surface area contributed by atoms with Crippen LogP contribution in [-0.2, 0) is 11.3 Å². The molecule has 13 heteroatoms. The molecule has 0 unspecified atom stereocenters. The highest BCUT2D eigenvalue weighted by atomic mass is 35.5. The molecular weight excluding hydrogens is 594 g/mol. The van der Waals surface area contributed by atoms with Crippen LogP contribution in [0.5, 0.6) is 11.5 Å². The van der Waals surface area contributed by atoms with Gasteiger partial charge in [0.1, 0.15) is 23.9 Å². The number of nitrogens with one attached hydrogen (secondary N) is 1. The number of aromatic nitrogens is 6. The predicted molar refractivity (Wildman–Crippen MR) is 171 cm³/mol. The van der Waals surface area contributed by atoms with Crippen LogP contribution in [0.15, 0.2) is 55.1 Å². The molecule has 0 spiro atoms. The normalized spacial score (nSPS) is 21.1. The molecule has 4 aromatic rings. The zero-order valence-corrected chi connectivity index (χ0v) is 26.3. The van der Waals surface area contributed by atoms with Gasteiger partial charge in [-0.3, -0.25) is 4.90 Å². The third-order valence-electron chi connectivity index (χ3n) is 8.93. The highest BCUT2D eigenvalue weighted by molar-refractivity contribution is 6.32. The quantitative estimate of drug-likeness (QED) is 0.259. The molecule has 12 nitrogen and oxygen atoms in total. The third kappa shape index (κ3) is 6.82. The van der Waals surface area contributed by atoms with Crippen molar-refractivity contribution in [2.24, 2.45) is 0 Å². The number of halogens is 1. The zero-order chi connectivity index (χ0) is 30.8. The summed E-state index contributed by atoms with van der Waals surface area (Å²) in [7, 11) is 1.69. The Morgan fingerprint density at radius 1 is 0.978 bits per heavy atom. The summed E-state index contributed by atoms with van der Waals surface area (Å²) in [6, 6.07) is 12.5. The fourth-order valence-electron chi connectivity index (χ4n) is 6.63. The zero-order valence-electron chi connectivity index (χ0n) is 25.5. The molecule has 3 atom stereocenters. The summed E-state index contributed by atoms with van der Waals surface area (Å²) in [6.07, 6.45) is 10.6. The molecule has 2 aromatic heterocycles. The lowest BCUT2D eigenvalue weighted by Crippen LogP contribution is -2.51. The Balaban J connectivity index is 0.969. The predicted octanol–water partition coefficient (Wildman–Crippen LogP) is 4.84. The summed E-state index contributed by atoms with van der Waals surface area (Å²) in [6.45, 7) is 6.69. The van der Waals surface area contributed by atoms with Crippen molar-refractivity contribution in [2.75, 3.05) is 43.5 Å². The number of likely N-dealkylation sites (tertiary alicyclic amines) is 1. The van der Waals surface area contributed by atoms with Gasteiger partial charge in [-0.05, 0) is 72.9 Å². The van der Waals surface area contributed by atoms with Gasteiger partial charge in [0.05, 0.1) is 36.6 Å². The largest absolute Gasteiger partial charge is 0.494 e. The standard InChI is InChI=1S/C32H38ClN9O3/c1-21(17-42-20-36-38-39-42)44-30-13-22(3-7-28(30)33)23-15-34-32(35-16-23)37-29-8-4-25(14-31(29)43-2)40-11-9-24(10-12-40)41-18-26-5-6-27(19-41)45-26/h3-4,7-8,13-16,20-21,24,26-27H,5-6,9-12,17-19H2,1-2H3,(H,34,35,37)/t21-,26-,27+/m0/s1. The Hall–Kier alpha value is -4.00. The molecule has 45 heavy (non-hydrogen) atoms. The second-order valence-electron chi connectivity index (χ2n) is 12.0. The number of ether oxygens (including phenoxy) is 3. The summed E-state index contributed by atoms with van der Waals surface area (Å²) in [5.41, 5.74) is 3.71. The minimum atomic E-state index is -0.192. The number of tetrazole rings is 1. The number of hydrogen-bond acceptors (Lipinski definition) is 11. The van der Waals surface area contributed by atoms with Gasteiger partial charge in [-0.25, -0.2) is 14.6 Å². The Morgan fingerprint density at radius 2 is 1.76 bits per heavy atom. The van der Waals surface area contributed by atoms with Crippen LogP contribution in [0.4, 0.5) is 17.3 Å². The number of methoxy groups -OCH3 is 1. The van der Waals surface area contributed by atoms with E-state index in [-0.39, 0.29) is 6.10 Å². The molecule has 3 saturated heterocycles. The summed E-state index contributed by atoms with van der Waals surface area (Å²) >= 11 is 6.43. The molecular formula is C32H38ClN9O3. The Labute approximate surface area is 267 Å². The van der Waals surface area contributed by atoms with Crippen LogP contribution in [0.3, 0.4) is 0 Å². The number of hydrogen-bond donors (Lipinski definition) is 1. The van der Waals surface area contributed by atoms with Crippen molar-refractivity contribution in [2.45, 2.75) is 63.5 Å². The molecule has 236 valence electrons. The van der Waals surface area contributed by atoms with E-state index in [0.717, 1.165) is 48.7 Å². The number of morpholine rings is 1. The van der Waals surface area contributed by atoms with Crippen LogP contribution < -0.4 is 19.7 Å². The van der Waals surface area contributed by atoms with Gasteiger partial charge in [0.25, 0.3) is 0 Å². The van der Waals surface area contributed by atoms with E-state index >= 15 is 0 Å². The van der Waals surface area contributed by atoms with Crippen LogP contribution in [0, 0.1) is 0 Å². The molecule has 1 N–H and O–H groups in total.